The van der Waals surface area contributed by atoms with E-state index in [-0.39, 0.29) is 18.2 Å². The SMILES string of the molecule is CCCCC/C=C/C/C=C/CCCCCCCCC(CCCCCCCC/C=C/C[C@H](O)CCCCC)OC(=O)CCCN(C)C. The number of allylic oxidation sites excluding steroid dienone is 5. The lowest BCUT2D eigenvalue weighted by Crippen LogP contribution is -2.20. The van der Waals surface area contributed by atoms with E-state index in [1.165, 1.54) is 116 Å². The maximum absolute atomic E-state index is 12.5. The predicted molar refractivity (Wildman–Crippen MR) is 202 cm³/mol. The van der Waals surface area contributed by atoms with Gasteiger partial charge in [0, 0.05) is 6.42 Å². The van der Waals surface area contributed by atoms with Crippen LogP contribution >= 0.6 is 0 Å². The van der Waals surface area contributed by atoms with Gasteiger partial charge in [0.05, 0.1) is 6.10 Å². The van der Waals surface area contributed by atoms with Gasteiger partial charge in [0.25, 0.3) is 0 Å². The van der Waals surface area contributed by atoms with E-state index in [0.29, 0.717) is 6.42 Å². The van der Waals surface area contributed by atoms with Crippen molar-refractivity contribution >= 4 is 5.97 Å². The largest absolute Gasteiger partial charge is 0.462 e. The Kier molecular flexibility index (Phi) is 35.3. The summed E-state index contributed by atoms with van der Waals surface area (Å²) >= 11 is 0. The Morgan fingerprint density at radius 2 is 1.04 bits per heavy atom. The Bertz CT molecular complexity index is 714. The minimum absolute atomic E-state index is 0.00609. The molecule has 0 aromatic rings. The summed E-state index contributed by atoms with van der Waals surface area (Å²) in [7, 11) is 4.11. The molecule has 0 radical (unpaired) electrons. The second-order valence-electron chi connectivity index (χ2n) is 13.9. The van der Waals surface area contributed by atoms with Gasteiger partial charge >= 0.3 is 5.97 Å². The zero-order valence-electron chi connectivity index (χ0n) is 31.3. The van der Waals surface area contributed by atoms with Crippen molar-refractivity contribution in [3.05, 3.63) is 36.5 Å². The number of aliphatic hydroxyl groups excluding tert-OH is 1. The van der Waals surface area contributed by atoms with E-state index in [1.54, 1.807) is 0 Å². The molecular formula is C42H79NO3. The zero-order chi connectivity index (χ0) is 33.8. The number of ether oxygens (including phenoxy) is 1. The Labute approximate surface area is 287 Å². The Morgan fingerprint density at radius 3 is 1.59 bits per heavy atom. The van der Waals surface area contributed by atoms with Gasteiger partial charge in [-0.2, -0.15) is 0 Å². The molecule has 0 saturated heterocycles. The zero-order valence-corrected chi connectivity index (χ0v) is 31.3. The van der Waals surface area contributed by atoms with Gasteiger partial charge in [0.15, 0.2) is 0 Å². The number of hydrogen-bond acceptors (Lipinski definition) is 4. The molecule has 0 fully saturated rings. The molecule has 0 aliphatic heterocycles. The number of esters is 1. The van der Waals surface area contributed by atoms with Gasteiger partial charge in [0.2, 0.25) is 0 Å². The molecule has 0 aromatic heterocycles. The van der Waals surface area contributed by atoms with Crippen LogP contribution in [0.1, 0.15) is 194 Å². The molecule has 0 aliphatic rings. The lowest BCUT2D eigenvalue weighted by Gasteiger charge is -2.18. The summed E-state index contributed by atoms with van der Waals surface area (Å²) in [6.45, 7) is 5.40. The number of carbonyl (C=O) groups excluding carboxylic acids is 1. The van der Waals surface area contributed by atoms with Crippen LogP contribution in [-0.2, 0) is 9.53 Å². The van der Waals surface area contributed by atoms with Crippen LogP contribution in [0.2, 0.25) is 0 Å². The highest BCUT2D eigenvalue weighted by Crippen LogP contribution is 2.18. The fourth-order valence-electron chi connectivity index (χ4n) is 5.87. The lowest BCUT2D eigenvalue weighted by molar-refractivity contribution is -0.150. The first-order valence-electron chi connectivity index (χ1n) is 20.0. The van der Waals surface area contributed by atoms with Crippen LogP contribution in [0.4, 0.5) is 0 Å². The van der Waals surface area contributed by atoms with E-state index in [0.717, 1.165) is 64.3 Å². The molecule has 0 aromatic carbocycles. The van der Waals surface area contributed by atoms with E-state index in [2.05, 4.69) is 69.3 Å². The highest BCUT2D eigenvalue weighted by atomic mass is 16.5. The summed E-state index contributed by atoms with van der Waals surface area (Å²) < 4.78 is 5.99. The summed E-state index contributed by atoms with van der Waals surface area (Å²) in [5.41, 5.74) is 0. The van der Waals surface area contributed by atoms with Crippen molar-refractivity contribution in [2.24, 2.45) is 0 Å². The molecule has 2 atom stereocenters. The number of unbranched alkanes of at least 4 members (excludes halogenated alkanes) is 17. The van der Waals surface area contributed by atoms with Crippen molar-refractivity contribution in [3.8, 4) is 0 Å². The third-order valence-corrected chi connectivity index (χ3v) is 8.87. The van der Waals surface area contributed by atoms with Crippen molar-refractivity contribution in [3.63, 3.8) is 0 Å². The fraction of sp³-hybridized carbons (Fsp3) is 0.833. The van der Waals surface area contributed by atoms with Crippen LogP contribution in [0.5, 0.6) is 0 Å². The topological polar surface area (TPSA) is 49.8 Å². The molecule has 4 nitrogen and oxygen atoms in total. The molecule has 0 rings (SSSR count). The van der Waals surface area contributed by atoms with E-state index >= 15 is 0 Å². The Balaban J connectivity index is 4.04. The average Bonchev–Trinajstić information content (AvgIpc) is 3.03. The van der Waals surface area contributed by atoms with Crippen molar-refractivity contribution < 1.29 is 14.6 Å². The number of carbonyl (C=O) groups is 1. The smallest absolute Gasteiger partial charge is 0.306 e. The average molecular weight is 646 g/mol. The van der Waals surface area contributed by atoms with Gasteiger partial charge in [-0.05, 0) is 111 Å². The van der Waals surface area contributed by atoms with E-state index < -0.39 is 0 Å². The first-order valence-corrected chi connectivity index (χ1v) is 20.0. The number of rotatable bonds is 35. The minimum atomic E-state index is -0.163. The summed E-state index contributed by atoms with van der Waals surface area (Å²) in [6.07, 6.45) is 46.2. The van der Waals surface area contributed by atoms with Crippen LogP contribution in [0, 0.1) is 0 Å². The summed E-state index contributed by atoms with van der Waals surface area (Å²) in [5, 5.41) is 10.0. The van der Waals surface area contributed by atoms with Crippen LogP contribution in [0.15, 0.2) is 36.5 Å². The maximum atomic E-state index is 12.5. The second-order valence-corrected chi connectivity index (χ2v) is 13.9. The van der Waals surface area contributed by atoms with Crippen molar-refractivity contribution in [2.75, 3.05) is 20.6 Å². The Hall–Kier alpha value is -1.39. The molecule has 0 spiro atoms. The molecule has 4 heteroatoms. The van der Waals surface area contributed by atoms with Gasteiger partial charge in [-0.3, -0.25) is 4.79 Å². The minimum Gasteiger partial charge on any atom is -0.462 e. The number of hydrogen-bond donors (Lipinski definition) is 1. The molecule has 1 unspecified atom stereocenters. The summed E-state index contributed by atoms with van der Waals surface area (Å²) in [5.74, 6) is -0.00609. The van der Waals surface area contributed by atoms with Gasteiger partial charge in [-0.15, -0.1) is 0 Å². The Morgan fingerprint density at radius 1 is 0.587 bits per heavy atom. The first-order chi connectivity index (χ1) is 22.5. The van der Waals surface area contributed by atoms with E-state index in [9.17, 15) is 9.90 Å². The highest BCUT2D eigenvalue weighted by Gasteiger charge is 2.14. The number of nitrogens with zero attached hydrogens (tertiary/aromatic N) is 1. The first kappa shape index (κ1) is 44.6. The third-order valence-electron chi connectivity index (χ3n) is 8.87. The van der Waals surface area contributed by atoms with Crippen LogP contribution < -0.4 is 0 Å². The summed E-state index contributed by atoms with van der Waals surface area (Å²) in [6, 6.07) is 0. The third kappa shape index (κ3) is 35.5. The molecule has 46 heavy (non-hydrogen) atoms. The van der Waals surface area contributed by atoms with E-state index in [4.69, 9.17) is 4.74 Å². The second kappa shape index (κ2) is 36.4. The van der Waals surface area contributed by atoms with E-state index in [1.807, 2.05) is 0 Å². The van der Waals surface area contributed by atoms with Crippen LogP contribution in [-0.4, -0.2) is 48.8 Å². The molecule has 0 saturated carbocycles. The highest BCUT2D eigenvalue weighted by molar-refractivity contribution is 5.69. The summed E-state index contributed by atoms with van der Waals surface area (Å²) in [4.78, 5) is 14.6. The fourth-order valence-corrected chi connectivity index (χ4v) is 5.87. The molecule has 1 N–H and O–H groups in total. The van der Waals surface area contributed by atoms with Gasteiger partial charge in [0.1, 0.15) is 6.10 Å². The maximum Gasteiger partial charge on any atom is 0.306 e. The molecule has 0 amide bonds. The normalized spacial score (nSPS) is 13.5. The molecule has 0 heterocycles. The van der Waals surface area contributed by atoms with Gasteiger partial charge < -0.3 is 14.7 Å². The monoisotopic (exact) mass is 646 g/mol. The van der Waals surface area contributed by atoms with Crippen LogP contribution in [0.25, 0.3) is 0 Å². The molecule has 0 aliphatic carbocycles. The lowest BCUT2D eigenvalue weighted by atomic mass is 10.0. The molecular weight excluding hydrogens is 566 g/mol. The molecule has 0 bridgehead atoms. The van der Waals surface area contributed by atoms with Crippen molar-refractivity contribution in [1.82, 2.24) is 4.90 Å². The van der Waals surface area contributed by atoms with Crippen molar-refractivity contribution in [2.45, 2.75) is 206 Å². The number of aliphatic hydroxyl groups is 1. The predicted octanol–water partition coefficient (Wildman–Crippen LogP) is 12.5. The molecule has 270 valence electrons. The van der Waals surface area contributed by atoms with Crippen molar-refractivity contribution in [1.29, 1.82) is 0 Å². The quantitative estimate of drug-likeness (QED) is 0.0423. The standard InChI is InChI=1S/C42H79NO3/c1-5-7-9-10-11-12-13-14-15-16-17-18-21-24-27-31-36-41(46-42(45)38-33-39-43(3)4)37-32-28-25-22-19-20-23-26-30-35-40(44)34-29-8-6-2/h11-12,14-15,26,30,40-41,44H,5-10,13,16-25,27-29,31-39H2,1-4H3/b12-11+,15-14+,30-26+/t40-,41?/m1/s1. The van der Waals surface area contributed by atoms with Gasteiger partial charge in [-0.25, -0.2) is 0 Å². The van der Waals surface area contributed by atoms with Gasteiger partial charge in [-0.1, -0.05) is 134 Å². The van der Waals surface area contributed by atoms with Crippen LogP contribution in [0.3, 0.4) is 0 Å².